The van der Waals surface area contributed by atoms with Crippen molar-refractivity contribution in [2.75, 3.05) is 16.0 Å². The van der Waals surface area contributed by atoms with Gasteiger partial charge in [0, 0.05) is 18.3 Å². The highest BCUT2D eigenvalue weighted by Gasteiger charge is 2.05. The smallest absolute Gasteiger partial charge is 0.228 e. The first-order valence-electron chi connectivity index (χ1n) is 8.63. The molecule has 0 atom stereocenters. The summed E-state index contributed by atoms with van der Waals surface area (Å²) in [5.41, 5.74) is 2.74. The van der Waals surface area contributed by atoms with Crippen molar-refractivity contribution in [1.29, 1.82) is 0 Å². The number of carbonyl (C=O) groups excluding carboxylic acids is 2. The molecule has 0 saturated carbocycles. The zero-order valence-electron chi connectivity index (χ0n) is 15.2. The van der Waals surface area contributed by atoms with E-state index < -0.39 is 0 Å². The van der Waals surface area contributed by atoms with Gasteiger partial charge in [-0.3, -0.25) is 9.59 Å². The highest BCUT2D eigenvalue weighted by Crippen LogP contribution is 2.20. The van der Waals surface area contributed by atoms with Crippen LogP contribution in [0.5, 0.6) is 0 Å². The van der Waals surface area contributed by atoms with Crippen LogP contribution in [-0.2, 0) is 16.0 Å². The Kier molecular flexibility index (Phi) is 5.96. The molecule has 0 bridgehead atoms. The molecule has 3 aromatic rings. The molecule has 1 heterocycles. The van der Waals surface area contributed by atoms with Gasteiger partial charge in [-0.15, -0.1) is 0 Å². The fraction of sp³-hybridized carbons (Fsp3) is 0.0952. The average molecular weight is 378 g/mol. The third kappa shape index (κ3) is 5.63. The van der Waals surface area contributed by atoms with Gasteiger partial charge in [0.05, 0.1) is 18.3 Å². The summed E-state index contributed by atoms with van der Waals surface area (Å²) in [5.74, 6) is -0.0938. The monoisotopic (exact) mass is 378 g/mol. The third-order valence-corrected chi connectivity index (χ3v) is 3.78. The van der Waals surface area contributed by atoms with Gasteiger partial charge in [-0.25, -0.2) is 9.37 Å². The van der Waals surface area contributed by atoms with E-state index >= 15 is 0 Å². The Morgan fingerprint density at radius 1 is 0.929 bits per heavy atom. The van der Waals surface area contributed by atoms with E-state index in [4.69, 9.17) is 0 Å². The molecule has 2 aromatic carbocycles. The largest absolute Gasteiger partial charge is 0.340 e. The summed E-state index contributed by atoms with van der Waals surface area (Å²) in [5, 5.41) is 8.61. The number of benzene rings is 2. The van der Waals surface area contributed by atoms with Gasteiger partial charge in [-0.1, -0.05) is 18.2 Å². The lowest BCUT2D eigenvalue weighted by Gasteiger charge is -2.09. The number of pyridine rings is 1. The van der Waals surface area contributed by atoms with Crippen LogP contribution in [0, 0.1) is 5.82 Å². The van der Waals surface area contributed by atoms with Crippen molar-refractivity contribution in [2.45, 2.75) is 13.3 Å². The molecule has 28 heavy (non-hydrogen) atoms. The summed E-state index contributed by atoms with van der Waals surface area (Å²) in [7, 11) is 0. The molecule has 1 aromatic heterocycles. The van der Waals surface area contributed by atoms with Crippen LogP contribution in [0.15, 0.2) is 66.9 Å². The van der Waals surface area contributed by atoms with E-state index in [1.54, 1.807) is 42.6 Å². The lowest BCUT2D eigenvalue weighted by molar-refractivity contribution is -0.116. The third-order valence-electron chi connectivity index (χ3n) is 3.78. The van der Waals surface area contributed by atoms with Crippen LogP contribution < -0.4 is 16.0 Å². The molecule has 0 fully saturated rings. The molecule has 0 aliphatic heterocycles. The van der Waals surface area contributed by atoms with E-state index in [1.165, 1.54) is 19.1 Å². The topological polar surface area (TPSA) is 83.1 Å². The maximum Gasteiger partial charge on any atom is 0.228 e. The first kappa shape index (κ1) is 19.0. The fourth-order valence-electron chi connectivity index (χ4n) is 2.56. The van der Waals surface area contributed by atoms with Crippen molar-refractivity contribution in [3.63, 3.8) is 0 Å². The Morgan fingerprint density at radius 2 is 1.68 bits per heavy atom. The summed E-state index contributed by atoms with van der Waals surface area (Å²) >= 11 is 0. The van der Waals surface area contributed by atoms with Gasteiger partial charge >= 0.3 is 0 Å². The molecule has 0 aliphatic rings. The molecule has 6 nitrogen and oxygen atoms in total. The normalized spacial score (nSPS) is 10.2. The number of hydrogen-bond donors (Lipinski definition) is 3. The summed E-state index contributed by atoms with van der Waals surface area (Å²) in [4.78, 5) is 27.5. The van der Waals surface area contributed by atoms with Crippen LogP contribution in [0.1, 0.15) is 12.5 Å². The minimum absolute atomic E-state index is 0.143. The maximum absolute atomic E-state index is 12.9. The van der Waals surface area contributed by atoms with Crippen molar-refractivity contribution in [3.8, 4) is 0 Å². The number of amides is 2. The van der Waals surface area contributed by atoms with Crippen molar-refractivity contribution in [1.82, 2.24) is 4.98 Å². The summed E-state index contributed by atoms with van der Waals surface area (Å²) in [6.07, 6.45) is 1.69. The van der Waals surface area contributed by atoms with E-state index in [0.717, 1.165) is 11.3 Å². The van der Waals surface area contributed by atoms with Crippen molar-refractivity contribution in [3.05, 3.63) is 78.2 Å². The zero-order valence-corrected chi connectivity index (χ0v) is 15.2. The molecule has 2 amide bonds. The van der Waals surface area contributed by atoms with E-state index in [2.05, 4.69) is 20.9 Å². The minimum Gasteiger partial charge on any atom is -0.340 e. The molecular weight excluding hydrogens is 359 g/mol. The Hall–Kier alpha value is -3.74. The van der Waals surface area contributed by atoms with E-state index in [1.807, 2.05) is 12.1 Å². The van der Waals surface area contributed by atoms with E-state index in [0.29, 0.717) is 17.2 Å². The predicted octanol–water partition coefficient (Wildman–Crippen LogP) is 4.10. The van der Waals surface area contributed by atoms with E-state index in [-0.39, 0.29) is 24.1 Å². The van der Waals surface area contributed by atoms with Gasteiger partial charge in [0.25, 0.3) is 0 Å². The van der Waals surface area contributed by atoms with Gasteiger partial charge in [0.1, 0.15) is 11.6 Å². The molecule has 7 heteroatoms. The number of nitrogens with one attached hydrogen (secondary N) is 3. The second kappa shape index (κ2) is 8.77. The molecule has 0 aliphatic carbocycles. The second-order valence-corrected chi connectivity index (χ2v) is 6.17. The average Bonchev–Trinajstić information content (AvgIpc) is 2.65. The van der Waals surface area contributed by atoms with Crippen molar-refractivity contribution >= 4 is 34.7 Å². The first-order chi connectivity index (χ1) is 13.5. The van der Waals surface area contributed by atoms with Crippen LogP contribution in [0.3, 0.4) is 0 Å². The molecule has 0 saturated heterocycles. The van der Waals surface area contributed by atoms with Crippen LogP contribution in [-0.4, -0.2) is 16.8 Å². The molecule has 3 N–H and O–H groups in total. The predicted molar refractivity (Wildman–Crippen MR) is 107 cm³/mol. The number of anilines is 4. The van der Waals surface area contributed by atoms with Crippen LogP contribution in [0.25, 0.3) is 0 Å². The standard InChI is InChI=1S/C21H19FN4O2/c1-14(27)24-17-3-2-4-18(12-17)25-20-10-9-19(13-23-20)26-21(28)11-15-5-7-16(22)8-6-15/h2-10,12-13H,11H2,1H3,(H,23,25)(H,24,27)(H,26,28). The van der Waals surface area contributed by atoms with Gasteiger partial charge in [-0.2, -0.15) is 0 Å². The molecule has 0 spiro atoms. The lowest BCUT2D eigenvalue weighted by Crippen LogP contribution is -2.14. The van der Waals surface area contributed by atoms with Crippen molar-refractivity contribution in [2.24, 2.45) is 0 Å². The Morgan fingerprint density at radius 3 is 2.36 bits per heavy atom. The molecule has 0 unspecified atom stereocenters. The Bertz CT molecular complexity index is 972. The van der Waals surface area contributed by atoms with Gasteiger partial charge in [0.15, 0.2) is 0 Å². The van der Waals surface area contributed by atoms with Crippen LogP contribution in [0.2, 0.25) is 0 Å². The van der Waals surface area contributed by atoms with Gasteiger partial charge in [-0.05, 0) is 48.0 Å². The van der Waals surface area contributed by atoms with Crippen molar-refractivity contribution < 1.29 is 14.0 Å². The van der Waals surface area contributed by atoms with Gasteiger partial charge in [0.2, 0.25) is 11.8 Å². The minimum atomic E-state index is -0.334. The van der Waals surface area contributed by atoms with Gasteiger partial charge < -0.3 is 16.0 Å². The molecule has 3 rings (SSSR count). The number of carbonyl (C=O) groups is 2. The second-order valence-electron chi connectivity index (χ2n) is 6.17. The van der Waals surface area contributed by atoms with Crippen LogP contribution in [0.4, 0.5) is 27.3 Å². The number of rotatable bonds is 6. The number of halogens is 1. The highest BCUT2D eigenvalue weighted by molar-refractivity contribution is 5.92. The summed E-state index contributed by atoms with van der Waals surface area (Å²) < 4.78 is 12.9. The lowest BCUT2D eigenvalue weighted by atomic mass is 10.1. The SMILES string of the molecule is CC(=O)Nc1cccc(Nc2ccc(NC(=O)Cc3ccc(F)cc3)cn2)c1. The maximum atomic E-state index is 12.9. The van der Waals surface area contributed by atoms with Crippen LogP contribution >= 0.6 is 0 Å². The van der Waals surface area contributed by atoms with E-state index in [9.17, 15) is 14.0 Å². The fourth-order valence-corrected chi connectivity index (χ4v) is 2.56. The zero-order chi connectivity index (χ0) is 19.9. The number of aromatic nitrogens is 1. The highest BCUT2D eigenvalue weighted by atomic mass is 19.1. The summed E-state index contributed by atoms with van der Waals surface area (Å²) in [6.45, 7) is 1.45. The molecule has 0 radical (unpaired) electrons. The Balaban J connectivity index is 1.58. The number of hydrogen-bond acceptors (Lipinski definition) is 4. The molecular formula is C21H19FN4O2. The number of nitrogens with zero attached hydrogens (tertiary/aromatic N) is 1. The molecule has 142 valence electrons. The first-order valence-corrected chi connectivity index (χ1v) is 8.63. The quantitative estimate of drug-likeness (QED) is 0.603. The Labute approximate surface area is 161 Å². The summed E-state index contributed by atoms with van der Waals surface area (Å²) in [6, 6.07) is 16.5.